The minimum absolute atomic E-state index is 0.0201. The molecule has 0 saturated carbocycles. The second-order valence-electron chi connectivity index (χ2n) is 8.14. The molecule has 0 saturated heterocycles. The van der Waals surface area contributed by atoms with Gasteiger partial charge in [-0.3, -0.25) is 4.98 Å². The number of hydrogen-bond acceptors (Lipinski definition) is 2. The van der Waals surface area contributed by atoms with Crippen molar-refractivity contribution in [3.05, 3.63) is 47.2 Å². The summed E-state index contributed by atoms with van der Waals surface area (Å²) in [4.78, 5) is 4.46. The van der Waals surface area contributed by atoms with Gasteiger partial charge < -0.3 is 5.11 Å². The molecule has 2 rings (SSSR count). The largest absolute Gasteiger partial charge is 0.507 e. The van der Waals surface area contributed by atoms with Crippen molar-refractivity contribution < 1.29 is 5.11 Å². The first-order valence-corrected chi connectivity index (χ1v) is 7.81. The smallest absolute Gasteiger partial charge is 0.128 e. The lowest BCUT2D eigenvalue weighted by Gasteiger charge is -2.27. The quantitative estimate of drug-likeness (QED) is 0.769. The van der Waals surface area contributed by atoms with Crippen LogP contribution >= 0.6 is 0 Å². The standard InChI is InChI=1S/C20H27NO/c1-13-8-9-21-17(10-13)15-11-14(19(2,3)4)12-16(18(15)22)20(5,6)7/h8-12,22H,1-7H3. The predicted molar refractivity (Wildman–Crippen MR) is 93.5 cm³/mol. The molecule has 2 heteroatoms. The van der Waals surface area contributed by atoms with Crippen molar-refractivity contribution in [1.82, 2.24) is 4.98 Å². The molecule has 0 atom stereocenters. The summed E-state index contributed by atoms with van der Waals surface area (Å²) >= 11 is 0. The zero-order valence-electron chi connectivity index (χ0n) is 14.8. The zero-order valence-corrected chi connectivity index (χ0v) is 14.8. The van der Waals surface area contributed by atoms with E-state index in [9.17, 15) is 5.11 Å². The van der Waals surface area contributed by atoms with Crippen molar-refractivity contribution in [2.75, 3.05) is 0 Å². The average molecular weight is 297 g/mol. The van der Waals surface area contributed by atoms with Gasteiger partial charge in [0.25, 0.3) is 0 Å². The van der Waals surface area contributed by atoms with Crippen molar-refractivity contribution in [3.8, 4) is 17.0 Å². The monoisotopic (exact) mass is 297 g/mol. The minimum atomic E-state index is -0.121. The SMILES string of the molecule is Cc1ccnc(-c2cc(C(C)(C)C)cc(C(C)(C)C)c2O)c1. The molecular weight excluding hydrogens is 270 g/mol. The highest BCUT2D eigenvalue weighted by atomic mass is 16.3. The van der Waals surface area contributed by atoms with Crippen LogP contribution in [0.15, 0.2) is 30.5 Å². The van der Waals surface area contributed by atoms with Gasteiger partial charge in [0.1, 0.15) is 5.75 Å². The number of hydrogen-bond donors (Lipinski definition) is 1. The van der Waals surface area contributed by atoms with Crippen molar-refractivity contribution in [2.24, 2.45) is 0 Å². The molecule has 1 aromatic heterocycles. The van der Waals surface area contributed by atoms with Crippen LogP contribution in [0.25, 0.3) is 11.3 Å². The molecule has 0 unspecified atom stereocenters. The number of aromatic hydroxyl groups is 1. The molecule has 0 spiro atoms. The van der Waals surface area contributed by atoms with E-state index in [0.29, 0.717) is 5.75 Å². The maximum absolute atomic E-state index is 10.8. The topological polar surface area (TPSA) is 33.1 Å². The Morgan fingerprint density at radius 1 is 0.909 bits per heavy atom. The summed E-state index contributed by atoms with van der Waals surface area (Å²) in [7, 11) is 0. The van der Waals surface area contributed by atoms with Crippen LogP contribution in [0.2, 0.25) is 0 Å². The Kier molecular flexibility index (Phi) is 4.08. The number of aromatic nitrogens is 1. The molecule has 0 aliphatic carbocycles. The van der Waals surface area contributed by atoms with Gasteiger partial charge in [-0.05, 0) is 47.1 Å². The summed E-state index contributed by atoms with van der Waals surface area (Å²) < 4.78 is 0. The summed E-state index contributed by atoms with van der Waals surface area (Å²) in [6.07, 6.45) is 1.80. The Morgan fingerprint density at radius 2 is 1.55 bits per heavy atom. The van der Waals surface area contributed by atoms with Gasteiger partial charge in [-0.25, -0.2) is 0 Å². The van der Waals surface area contributed by atoms with E-state index in [-0.39, 0.29) is 10.8 Å². The van der Waals surface area contributed by atoms with E-state index in [1.165, 1.54) is 5.56 Å². The van der Waals surface area contributed by atoms with E-state index in [0.717, 1.165) is 22.4 Å². The second kappa shape index (κ2) is 5.42. The summed E-state index contributed by atoms with van der Waals surface area (Å²) in [6, 6.07) is 8.20. The normalized spacial score (nSPS) is 12.5. The van der Waals surface area contributed by atoms with Crippen LogP contribution in [-0.4, -0.2) is 10.1 Å². The third kappa shape index (κ3) is 3.32. The minimum Gasteiger partial charge on any atom is -0.507 e. The van der Waals surface area contributed by atoms with Crippen molar-refractivity contribution in [2.45, 2.75) is 59.3 Å². The first kappa shape index (κ1) is 16.5. The van der Waals surface area contributed by atoms with Crippen LogP contribution in [0.4, 0.5) is 0 Å². The van der Waals surface area contributed by atoms with E-state index in [1.54, 1.807) is 6.20 Å². The summed E-state index contributed by atoms with van der Waals surface area (Å²) in [5, 5.41) is 10.8. The van der Waals surface area contributed by atoms with E-state index >= 15 is 0 Å². The van der Waals surface area contributed by atoms with Crippen molar-refractivity contribution in [1.29, 1.82) is 0 Å². The zero-order chi connectivity index (χ0) is 16.7. The lowest BCUT2D eigenvalue weighted by atomic mass is 9.78. The lowest BCUT2D eigenvalue weighted by Crippen LogP contribution is -2.17. The van der Waals surface area contributed by atoms with E-state index in [2.05, 4.69) is 58.7 Å². The Morgan fingerprint density at radius 3 is 2.05 bits per heavy atom. The number of nitrogens with zero attached hydrogens (tertiary/aromatic N) is 1. The molecule has 0 aliphatic rings. The van der Waals surface area contributed by atoms with Gasteiger partial charge in [-0.15, -0.1) is 0 Å². The number of pyridine rings is 1. The molecule has 2 nitrogen and oxygen atoms in total. The van der Waals surface area contributed by atoms with E-state index < -0.39 is 0 Å². The van der Waals surface area contributed by atoms with Gasteiger partial charge >= 0.3 is 0 Å². The first-order valence-electron chi connectivity index (χ1n) is 7.81. The lowest BCUT2D eigenvalue weighted by molar-refractivity contribution is 0.446. The summed E-state index contributed by atoms with van der Waals surface area (Å²) in [6.45, 7) is 15.0. The molecule has 0 aliphatic heterocycles. The van der Waals surface area contributed by atoms with Gasteiger partial charge in [0, 0.05) is 17.3 Å². The van der Waals surface area contributed by atoms with E-state index in [1.807, 2.05) is 19.1 Å². The highest BCUT2D eigenvalue weighted by Crippen LogP contribution is 2.41. The fourth-order valence-electron chi connectivity index (χ4n) is 2.52. The highest BCUT2D eigenvalue weighted by Gasteiger charge is 2.25. The molecular formula is C20H27NO. The Labute approximate surface area is 134 Å². The Hall–Kier alpha value is -1.83. The third-order valence-electron chi connectivity index (χ3n) is 3.98. The van der Waals surface area contributed by atoms with Crippen molar-refractivity contribution >= 4 is 0 Å². The van der Waals surface area contributed by atoms with E-state index in [4.69, 9.17) is 0 Å². The summed E-state index contributed by atoms with van der Waals surface area (Å²) in [5.74, 6) is 0.346. The maximum Gasteiger partial charge on any atom is 0.128 e. The van der Waals surface area contributed by atoms with Crippen LogP contribution in [0.5, 0.6) is 5.75 Å². The van der Waals surface area contributed by atoms with Gasteiger partial charge in [0.15, 0.2) is 0 Å². The number of rotatable bonds is 1. The number of phenolic OH excluding ortho intramolecular Hbond substituents is 1. The third-order valence-corrected chi connectivity index (χ3v) is 3.98. The molecule has 0 bridgehead atoms. The number of benzene rings is 1. The van der Waals surface area contributed by atoms with Crippen molar-refractivity contribution in [3.63, 3.8) is 0 Å². The molecule has 22 heavy (non-hydrogen) atoms. The van der Waals surface area contributed by atoms with Gasteiger partial charge in [-0.1, -0.05) is 47.6 Å². The molecule has 118 valence electrons. The van der Waals surface area contributed by atoms with Crippen LogP contribution in [0, 0.1) is 6.92 Å². The summed E-state index contributed by atoms with van der Waals surface area (Å²) in [5.41, 5.74) is 4.88. The molecule has 0 fully saturated rings. The average Bonchev–Trinajstić information content (AvgIpc) is 2.36. The fourth-order valence-corrected chi connectivity index (χ4v) is 2.52. The van der Waals surface area contributed by atoms with Crippen LogP contribution in [0.1, 0.15) is 58.2 Å². The Bertz CT molecular complexity index is 688. The second-order valence-corrected chi connectivity index (χ2v) is 8.14. The predicted octanol–water partition coefficient (Wildman–Crippen LogP) is 5.36. The molecule has 0 amide bonds. The van der Waals surface area contributed by atoms with Gasteiger partial charge in [0.05, 0.1) is 5.69 Å². The Balaban J connectivity index is 2.78. The molecule has 1 aromatic carbocycles. The van der Waals surface area contributed by atoms with Crippen LogP contribution in [-0.2, 0) is 10.8 Å². The van der Waals surface area contributed by atoms with Gasteiger partial charge in [0.2, 0.25) is 0 Å². The molecule has 2 aromatic rings. The maximum atomic E-state index is 10.8. The first-order chi connectivity index (χ1) is 10.00. The van der Waals surface area contributed by atoms with Crippen LogP contribution < -0.4 is 0 Å². The highest BCUT2D eigenvalue weighted by molar-refractivity contribution is 5.71. The molecule has 1 heterocycles. The molecule has 0 radical (unpaired) electrons. The van der Waals surface area contributed by atoms with Gasteiger partial charge in [-0.2, -0.15) is 0 Å². The molecule has 1 N–H and O–H groups in total. The van der Waals surface area contributed by atoms with Crippen LogP contribution in [0.3, 0.4) is 0 Å². The number of phenols is 1. The fraction of sp³-hybridized carbons (Fsp3) is 0.450. The number of aryl methyl sites for hydroxylation is 1.